The van der Waals surface area contributed by atoms with Crippen LogP contribution in [0.2, 0.25) is 0 Å². The number of hydrogen-bond acceptors (Lipinski definition) is 5. The average Bonchev–Trinajstić information content (AvgIpc) is 2.92. The van der Waals surface area contributed by atoms with Gasteiger partial charge in [0.2, 0.25) is 0 Å². The van der Waals surface area contributed by atoms with Gasteiger partial charge in [-0.05, 0) is 18.2 Å². The molecule has 0 atom stereocenters. The van der Waals surface area contributed by atoms with Crippen LogP contribution in [0.1, 0.15) is 5.56 Å². The molecule has 0 fully saturated rings. The number of benzene rings is 1. The number of rotatable bonds is 4. The summed E-state index contributed by atoms with van der Waals surface area (Å²) in [4.78, 5) is 4.26. The third-order valence-corrected chi connectivity index (χ3v) is 3.31. The van der Waals surface area contributed by atoms with Gasteiger partial charge in [-0.1, -0.05) is 0 Å². The van der Waals surface area contributed by atoms with Gasteiger partial charge in [-0.3, -0.25) is 0 Å². The minimum absolute atomic E-state index is 0.148. The molecule has 0 aliphatic heterocycles. The minimum Gasteiger partial charge on any atom is -0.497 e. The van der Waals surface area contributed by atoms with Gasteiger partial charge in [0.1, 0.15) is 17.2 Å². The summed E-state index contributed by atoms with van der Waals surface area (Å²) < 4.78 is 12.2. The molecule has 0 aliphatic carbocycles. The number of fused-ring (bicyclic) bond motifs is 1. The van der Waals surface area contributed by atoms with Crippen LogP contribution >= 0.6 is 0 Å². The lowest BCUT2D eigenvalue weighted by Crippen LogP contribution is -1.93. The maximum absolute atomic E-state index is 9.67. The summed E-state index contributed by atoms with van der Waals surface area (Å²) >= 11 is 0. The predicted octanol–water partition coefficient (Wildman–Crippen LogP) is 1.91. The van der Waals surface area contributed by atoms with Crippen molar-refractivity contribution in [3.05, 3.63) is 42.2 Å². The summed E-state index contributed by atoms with van der Waals surface area (Å²) in [6.45, 7) is -0.148. The van der Waals surface area contributed by atoms with Crippen molar-refractivity contribution in [1.82, 2.24) is 14.6 Å². The predicted molar refractivity (Wildman–Crippen MR) is 77.4 cm³/mol. The molecule has 108 valence electrons. The molecular formula is C15H15N3O3. The number of aliphatic hydroxyl groups excluding tert-OH is 1. The van der Waals surface area contributed by atoms with Gasteiger partial charge in [0.15, 0.2) is 5.65 Å². The first-order valence-corrected chi connectivity index (χ1v) is 6.44. The first-order chi connectivity index (χ1) is 10.3. The lowest BCUT2D eigenvalue weighted by Gasteiger charge is -2.09. The van der Waals surface area contributed by atoms with Crippen LogP contribution in [0.15, 0.2) is 36.7 Å². The molecule has 6 nitrogen and oxygen atoms in total. The van der Waals surface area contributed by atoms with E-state index in [2.05, 4.69) is 10.1 Å². The summed E-state index contributed by atoms with van der Waals surface area (Å²) in [5.41, 5.74) is 2.73. The van der Waals surface area contributed by atoms with Crippen molar-refractivity contribution in [2.75, 3.05) is 14.2 Å². The van der Waals surface area contributed by atoms with E-state index in [9.17, 15) is 5.11 Å². The molecule has 0 unspecified atom stereocenters. The van der Waals surface area contributed by atoms with Crippen molar-refractivity contribution in [1.29, 1.82) is 0 Å². The quantitative estimate of drug-likeness (QED) is 0.793. The second-order valence-corrected chi connectivity index (χ2v) is 4.44. The van der Waals surface area contributed by atoms with Gasteiger partial charge < -0.3 is 14.6 Å². The van der Waals surface area contributed by atoms with Crippen molar-refractivity contribution in [3.8, 4) is 22.8 Å². The molecule has 0 spiro atoms. The highest BCUT2D eigenvalue weighted by atomic mass is 16.5. The largest absolute Gasteiger partial charge is 0.497 e. The monoisotopic (exact) mass is 285 g/mol. The first-order valence-electron chi connectivity index (χ1n) is 6.44. The van der Waals surface area contributed by atoms with E-state index >= 15 is 0 Å². The van der Waals surface area contributed by atoms with Crippen LogP contribution < -0.4 is 9.47 Å². The fourth-order valence-corrected chi connectivity index (χ4v) is 2.29. The summed E-state index contributed by atoms with van der Waals surface area (Å²) in [5, 5.41) is 14.2. The highest BCUT2D eigenvalue weighted by Crippen LogP contribution is 2.35. The third kappa shape index (κ3) is 2.19. The zero-order valence-corrected chi connectivity index (χ0v) is 11.8. The Kier molecular flexibility index (Phi) is 3.45. The van der Waals surface area contributed by atoms with Crippen molar-refractivity contribution in [3.63, 3.8) is 0 Å². The Balaban J connectivity index is 2.24. The molecule has 6 heteroatoms. The highest BCUT2D eigenvalue weighted by molar-refractivity contribution is 5.75. The van der Waals surface area contributed by atoms with Crippen molar-refractivity contribution in [2.45, 2.75) is 6.61 Å². The van der Waals surface area contributed by atoms with Gasteiger partial charge in [0.25, 0.3) is 0 Å². The van der Waals surface area contributed by atoms with Crippen LogP contribution in [0.3, 0.4) is 0 Å². The van der Waals surface area contributed by atoms with Crippen LogP contribution in [0.4, 0.5) is 0 Å². The molecular weight excluding hydrogens is 270 g/mol. The van der Waals surface area contributed by atoms with E-state index in [1.165, 1.54) is 0 Å². The van der Waals surface area contributed by atoms with Crippen molar-refractivity contribution >= 4 is 5.65 Å². The summed E-state index contributed by atoms with van der Waals surface area (Å²) in [5.74, 6) is 1.33. The maximum atomic E-state index is 9.67. The maximum Gasteiger partial charge on any atom is 0.161 e. The normalized spacial score (nSPS) is 10.8. The summed E-state index contributed by atoms with van der Waals surface area (Å²) in [6, 6.07) is 7.26. The van der Waals surface area contributed by atoms with E-state index in [1.807, 2.05) is 12.1 Å². The van der Waals surface area contributed by atoms with Gasteiger partial charge in [0, 0.05) is 24.0 Å². The standard InChI is InChI=1S/C15H15N3O3/c1-20-10-4-5-11(13(8-10)21-2)14-12(9-19)15-16-6-3-7-18(15)17-14/h3-8,19H,9H2,1-2H3. The minimum atomic E-state index is -0.148. The number of aliphatic hydroxyl groups is 1. The fourth-order valence-electron chi connectivity index (χ4n) is 2.29. The Bertz CT molecular complexity index is 783. The van der Waals surface area contributed by atoms with Gasteiger partial charge in [-0.2, -0.15) is 5.10 Å². The third-order valence-electron chi connectivity index (χ3n) is 3.31. The van der Waals surface area contributed by atoms with Crippen LogP contribution in [-0.2, 0) is 6.61 Å². The number of ether oxygens (including phenoxy) is 2. The van der Waals surface area contributed by atoms with Crippen molar-refractivity contribution < 1.29 is 14.6 Å². The van der Waals surface area contributed by atoms with Crippen LogP contribution in [0, 0.1) is 0 Å². The topological polar surface area (TPSA) is 68.9 Å². The molecule has 0 aliphatic rings. The number of methoxy groups -OCH3 is 2. The highest BCUT2D eigenvalue weighted by Gasteiger charge is 2.18. The second-order valence-electron chi connectivity index (χ2n) is 4.44. The lowest BCUT2D eigenvalue weighted by molar-refractivity contribution is 0.283. The molecule has 0 saturated heterocycles. The Labute approximate surface area is 121 Å². The van der Waals surface area contributed by atoms with Crippen LogP contribution in [-0.4, -0.2) is 33.9 Å². The van der Waals surface area contributed by atoms with E-state index in [-0.39, 0.29) is 6.61 Å². The van der Waals surface area contributed by atoms with Crippen LogP contribution in [0.25, 0.3) is 16.9 Å². The lowest BCUT2D eigenvalue weighted by atomic mass is 10.1. The molecule has 3 aromatic rings. The van der Waals surface area contributed by atoms with E-state index in [0.717, 1.165) is 5.56 Å². The van der Waals surface area contributed by atoms with E-state index in [1.54, 1.807) is 43.3 Å². The molecule has 3 rings (SSSR count). The van der Waals surface area contributed by atoms with E-state index in [4.69, 9.17) is 9.47 Å². The Morgan fingerprint density at radius 3 is 2.81 bits per heavy atom. The Morgan fingerprint density at radius 1 is 1.24 bits per heavy atom. The van der Waals surface area contributed by atoms with Gasteiger partial charge in [0.05, 0.1) is 26.4 Å². The first kappa shape index (κ1) is 13.4. The van der Waals surface area contributed by atoms with Gasteiger partial charge in [-0.25, -0.2) is 9.50 Å². The Hall–Kier alpha value is -2.60. The van der Waals surface area contributed by atoms with Crippen LogP contribution in [0.5, 0.6) is 11.5 Å². The number of nitrogens with zero attached hydrogens (tertiary/aromatic N) is 3. The molecule has 21 heavy (non-hydrogen) atoms. The molecule has 0 amide bonds. The summed E-state index contributed by atoms with van der Waals surface area (Å²) in [6.07, 6.45) is 3.46. The second kappa shape index (κ2) is 5.41. The zero-order valence-electron chi connectivity index (χ0n) is 11.8. The molecule has 1 N–H and O–H groups in total. The molecule has 1 aromatic carbocycles. The number of aromatic nitrogens is 3. The smallest absolute Gasteiger partial charge is 0.161 e. The van der Waals surface area contributed by atoms with Gasteiger partial charge in [-0.15, -0.1) is 0 Å². The average molecular weight is 285 g/mol. The van der Waals surface area contributed by atoms with Crippen molar-refractivity contribution in [2.24, 2.45) is 0 Å². The molecule has 0 radical (unpaired) electrons. The zero-order chi connectivity index (χ0) is 14.8. The SMILES string of the molecule is COc1ccc(-c2nn3cccnc3c2CO)c(OC)c1. The molecule has 0 bridgehead atoms. The van der Waals surface area contributed by atoms with Gasteiger partial charge >= 0.3 is 0 Å². The van der Waals surface area contributed by atoms with E-state index in [0.29, 0.717) is 28.4 Å². The molecule has 0 saturated carbocycles. The van der Waals surface area contributed by atoms with E-state index < -0.39 is 0 Å². The molecule has 2 heterocycles. The summed E-state index contributed by atoms with van der Waals surface area (Å²) in [7, 11) is 3.19. The fraction of sp³-hybridized carbons (Fsp3) is 0.200. The number of hydrogen-bond donors (Lipinski definition) is 1. The molecule has 2 aromatic heterocycles. The Morgan fingerprint density at radius 2 is 2.10 bits per heavy atom.